The van der Waals surface area contributed by atoms with Gasteiger partial charge in [0.05, 0.1) is 46.1 Å². The lowest BCUT2D eigenvalue weighted by Crippen LogP contribution is -2.45. The number of nitrogens with one attached hydrogen (secondary N) is 1. The number of fused-ring (bicyclic) bond motifs is 1. The Labute approximate surface area is 201 Å². The van der Waals surface area contributed by atoms with Crippen molar-refractivity contribution in [2.24, 2.45) is 0 Å². The van der Waals surface area contributed by atoms with Crippen LogP contribution in [0.4, 0.5) is 10.3 Å². The summed E-state index contributed by atoms with van der Waals surface area (Å²) in [6.07, 6.45) is 0.469. The molecule has 0 radical (unpaired) electrons. The third-order valence-electron chi connectivity index (χ3n) is 5.77. The molecular weight excluding hydrogens is 485 g/mol. The molecule has 3 heterocycles. The molecule has 2 aromatic heterocycles. The van der Waals surface area contributed by atoms with Gasteiger partial charge in [0.1, 0.15) is 16.9 Å². The van der Waals surface area contributed by atoms with Gasteiger partial charge < -0.3 is 20.1 Å². The van der Waals surface area contributed by atoms with Crippen molar-refractivity contribution in [2.75, 3.05) is 16.8 Å². The number of halogens is 2. The van der Waals surface area contributed by atoms with E-state index in [1.807, 2.05) is 13.8 Å². The number of nitrogens with zero attached hydrogens (tertiary/aromatic N) is 4. The normalized spacial score (nSPS) is 20.7. The summed E-state index contributed by atoms with van der Waals surface area (Å²) in [5.74, 6) is -0.499. The molecule has 1 aromatic carbocycles. The molecule has 3 aromatic rings. The van der Waals surface area contributed by atoms with Gasteiger partial charge in [0.25, 0.3) is 0 Å². The summed E-state index contributed by atoms with van der Waals surface area (Å²) in [5.41, 5.74) is -0.0206. The average Bonchev–Trinajstić information content (AvgIpc) is 3.12. The van der Waals surface area contributed by atoms with E-state index in [-0.39, 0.29) is 46.1 Å². The highest BCUT2D eigenvalue weighted by molar-refractivity contribution is 7.91. The van der Waals surface area contributed by atoms with E-state index in [0.717, 1.165) is 0 Å². The van der Waals surface area contributed by atoms with E-state index in [1.54, 1.807) is 24.5 Å². The Kier molecular flexibility index (Phi) is 6.34. The number of aliphatic hydroxyl groups excluding tert-OH is 1. The van der Waals surface area contributed by atoms with E-state index >= 15 is 4.39 Å². The number of aromatic nitrogens is 4. The van der Waals surface area contributed by atoms with Crippen molar-refractivity contribution in [2.45, 2.75) is 57.9 Å². The smallest absolute Gasteiger partial charge is 0.223 e. The summed E-state index contributed by atoms with van der Waals surface area (Å²) in [6, 6.07) is 2.33. The highest BCUT2D eigenvalue weighted by Gasteiger charge is 2.32. The van der Waals surface area contributed by atoms with Gasteiger partial charge in [-0.15, -0.1) is 0 Å². The summed E-state index contributed by atoms with van der Waals surface area (Å²) >= 11 is 6.36. The molecule has 9 nitrogen and oxygen atoms in total. The first kappa shape index (κ1) is 24.8. The van der Waals surface area contributed by atoms with Crippen molar-refractivity contribution in [3.8, 4) is 11.3 Å². The molecule has 3 N–H and O–H groups in total. The van der Waals surface area contributed by atoms with E-state index in [4.69, 9.17) is 11.6 Å². The molecule has 1 aliphatic heterocycles. The first-order chi connectivity index (χ1) is 15.8. The quantitative estimate of drug-likeness (QED) is 0.476. The number of hydrogen-bond donors (Lipinski definition) is 3. The summed E-state index contributed by atoms with van der Waals surface area (Å²) in [5, 5.41) is 23.9. The fraction of sp³-hybridized carbons (Fsp3) is 0.500. The fourth-order valence-corrected chi connectivity index (χ4v) is 5.91. The zero-order valence-electron chi connectivity index (χ0n) is 19.2. The topological polar surface area (TPSA) is 130 Å². The fourth-order valence-electron chi connectivity index (χ4n) is 4.18. The van der Waals surface area contributed by atoms with E-state index in [1.165, 1.54) is 12.3 Å². The van der Waals surface area contributed by atoms with Crippen molar-refractivity contribution in [3.05, 3.63) is 35.0 Å². The predicted octanol–water partition coefficient (Wildman–Crippen LogP) is 3.05. The summed E-state index contributed by atoms with van der Waals surface area (Å²) in [6.45, 7) is 7.01. The Morgan fingerprint density at radius 2 is 2.00 bits per heavy atom. The van der Waals surface area contributed by atoms with Crippen LogP contribution in [0.1, 0.15) is 46.0 Å². The third-order valence-corrected chi connectivity index (χ3v) is 7.76. The molecule has 34 heavy (non-hydrogen) atoms. The van der Waals surface area contributed by atoms with Crippen LogP contribution in [0, 0.1) is 5.82 Å². The van der Waals surface area contributed by atoms with Gasteiger partial charge in [0.2, 0.25) is 5.95 Å². The molecule has 2 atom stereocenters. The summed E-state index contributed by atoms with van der Waals surface area (Å²) in [7, 11) is -3.28. The molecule has 184 valence electrons. The minimum absolute atomic E-state index is 0.0488. The van der Waals surface area contributed by atoms with Crippen molar-refractivity contribution < 1.29 is 23.0 Å². The van der Waals surface area contributed by atoms with Crippen molar-refractivity contribution in [1.82, 2.24) is 19.5 Å². The molecular formula is C22H27ClFN5O4S. The van der Waals surface area contributed by atoms with Gasteiger partial charge in [-0.05, 0) is 46.2 Å². The minimum Gasteiger partial charge on any atom is -0.390 e. The second-order valence-corrected chi connectivity index (χ2v) is 12.0. The number of aliphatic hydroxyl groups is 2. The molecule has 4 rings (SSSR count). The Balaban J connectivity index is 1.77. The lowest BCUT2D eigenvalue weighted by Gasteiger charge is -2.28. The van der Waals surface area contributed by atoms with Gasteiger partial charge in [0, 0.05) is 11.6 Å². The van der Waals surface area contributed by atoms with Crippen molar-refractivity contribution in [1.29, 1.82) is 0 Å². The first-order valence-electron chi connectivity index (χ1n) is 10.9. The lowest BCUT2D eigenvalue weighted by atomic mass is 10.1. The molecule has 0 aliphatic carbocycles. The maximum atomic E-state index is 15.2. The van der Waals surface area contributed by atoms with E-state index < -0.39 is 33.4 Å². The second-order valence-electron chi connectivity index (χ2n) is 9.40. The summed E-state index contributed by atoms with van der Waals surface area (Å²) < 4.78 is 40.4. The molecule has 1 saturated heterocycles. The van der Waals surface area contributed by atoms with Crippen LogP contribution >= 0.6 is 11.6 Å². The molecule has 0 saturated carbocycles. The SMILES string of the molecule is CC(C)n1c(C(C)(C)O)nc2c(F)cc(-c3nc(N[C@H]4CCS(=O)(=O)C[C@@H]4O)ncc3Cl)cc21. The van der Waals surface area contributed by atoms with Crippen LogP contribution in [0.15, 0.2) is 18.3 Å². The maximum Gasteiger partial charge on any atom is 0.223 e. The number of imidazole rings is 1. The Morgan fingerprint density at radius 1 is 1.29 bits per heavy atom. The lowest BCUT2D eigenvalue weighted by molar-refractivity contribution is 0.0641. The Morgan fingerprint density at radius 3 is 2.62 bits per heavy atom. The first-order valence-corrected chi connectivity index (χ1v) is 13.1. The van der Waals surface area contributed by atoms with Crippen LogP contribution < -0.4 is 5.32 Å². The number of benzene rings is 1. The number of sulfone groups is 1. The standard InChI is InChI=1S/C22H27ClFN5O4S/c1-11(2)29-16-8-12(7-14(24)19(16)27-20(29)22(3,4)31)18-13(23)9-25-21(28-18)26-15-5-6-34(32,33)10-17(15)30/h7-9,11,15,17,30-31H,5-6,10H2,1-4H3,(H,25,26,28)/t15-,17-/m0/s1. The van der Waals surface area contributed by atoms with E-state index in [0.29, 0.717) is 16.9 Å². The largest absolute Gasteiger partial charge is 0.390 e. The molecule has 12 heteroatoms. The highest BCUT2D eigenvalue weighted by atomic mass is 35.5. The van der Waals surface area contributed by atoms with Crippen LogP contribution in [0.3, 0.4) is 0 Å². The molecule has 0 unspecified atom stereocenters. The van der Waals surface area contributed by atoms with Crippen LogP contribution in [-0.4, -0.2) is 61.8 Å². The molecule has 0 bridgehead atoms. The Hall–Kier alpha value is -2.34. The van der Waals surface area contributed by atoms with Gasteiger partial charge >= 0.3 is 0 Å². The van der Waals surface area contributed by atoms with Gasteiger partial charge in [0.15, 0.2) is 15.7 Å². The van der Waals surface area contributed by atoms with Crippen molar-refractivity contribution >= 4 is 38.4 Å². The van der Waals surface area contributed by atoms with Crippen LogP contribution in [0.2, 0.25) is 5.02 Å². The van der Waals surface area contributed by atoms with Crippen LogP contribution in [-0.2, 0) is 15.4 Å². The van der Waals surface area contributed by atoms with Gasteiger partial charge in [-0.3, -0.25) is 0 Å². The zero-order valence-corrected chi connectivity index (χ0v) is 20.8. The Bertz CT molecular complexity index is 1350. The van der Waals surface area contributed by atoms with Crippen LogP contribution in [0.5, 0.6) is 0 Å². The van der Waals surface area contributed by atoms with E-state index in [9.17, 15) is 18.6 Å². The van der Waals surface area contributed by atoms with E-state index in [2.05, 4.69) is 20.3 Å². The van der Waals surface area contributed by atoms with Crippen LogP contribution in [0.25, 0.3) is 22.3 Å². The highest BCUT2D eigenvalue weighted by Crippen LogP contribution is 2.34. The number of rotatable bonds is 5. The third kappa shape index (κ3) is 4.74. The average molecular weight is 512 g/mol. The molecule has 0 spiro atoms. The number of anilines is 1. The molecule has 0 amide bonds. The van der Waals surface area contributed by atoms with Gasteiger partial charge in [-0.1, -0.05) is 11.6 Å². The van der Waals surface area contributed by atoms with Crippen molar-refractivity contribution in [3.63, 3.8) is 0 Å². The maximum absolute atomic E-state index is 15.2. The molecule has 1 aliphatic rings. The number of hydrogen-bond acceptors (Lipinski definition) is 8. The van der Waals surface area contributed by atoms with Gasteiger partial charge in [-0.25, -0.2) is 27.8 Å². The minimum atomic E-state index is -3.28. The monoisotopic (exact) mass is 511 g/mol. The second kappa shape index (κ2) is 8.71. The predicted molar refractivity (Wildman–Crippen MR) is 128 cm³/mol. The summed E-state index contributed by atoms with van der Waals surface area (Å²) in [4.78, 5) is 12.9. The zero-order chi connectivity index (χ0) is 25.0. The molecule has 1 fully saturated rings. The van der Waals surface area contributed by atoms with Gasteiger partial charge in [-0.2, -0.15) is 0 Å².